The van der Waals surface area contributed by atoms with Crippen LogP contribution in [0.4, 0.5) is 26.4 Å². The maximum Gasteiger partial charge on any atom is 0.268 e. The fraction of sp³-hybridized carbons (Fsp3) is 0.0909. The van der Waals surface area contributed by atoms with Crippen molar-refractivity contribution in [3.8, 4) is 17.8 Å². The van der Waals surface area contributed by atoms with Crippen LogP contribution in [0.1, 0.15) is 17.0 Å². The van der Waals surface area contributed by atoms with E-state index >= 15 is 0 Å². The highest BCUT2D eigenvalue weighted by Gasteiger charge is 2.17. The van der Waals surface area contributed by atoms with Crippen molar-refractivity contribution in [2.45, 2.75) is 6.42 Å². The molecule has 4 aromatic rings. The van der Waals surface area contributed by atoms with Gasteiger partial charge in [-0.15, -0.1) is 0 Å². The third kappa shape index (κ3) is 4.03. The summed E-state index contributed by atoms with van der Waals surface area (Å²) in [5, 5.41) is 21.1. The molecule has 2 heterocycles. The molecule has 5 N–H and O–H groups in total. The number of benzene rings is 2. The number of rotatable bonds is 5. The van der Waals surface area contributed by atoms with Gasteiger partial charge in [0.15, 0.2) is 5.82 Å². The standard InChI is InChI=1S/C22H15F2N9O/c23-12-6-11(9-25)7-13(8-12)33-17(30-16-3-1-2-15(24)18(16)21(33)34)4-5-29-20-14(10-26)19(27)31-22(28)32-20/h1-3,6-8H,4-5H2,(H5,27,28,29,31,32). The summed E-state index contributed by atoms with van der Waals surface area (Å²) in [5.41, 5.74) is 10.6. The second-order valence-corrected chi connectivity index (χ2v) is 7.09. The monoisotopic (exact) mass is 459 g/mol. The van der Waals surface area contributed by atoms with Crippen molar-refractivity contribution in [2.24, 2.45) is 0 Å². The van der Waals surface area contributed by atoms with E-state index in [9.17, 15) is 24.1 Å². The van der Waals surface area contributed by atoms with Gasteiger partial charge in [-0.25, -0.2) is 13.8 Å². The summed E-state index contributed by atoms with van der Waals surface area (Å²) in [6, 6.07) is 11.1. The number of nitrogens with two attached hydrogens (primary N) is 2. The fourth-order valence-electron chi connectivity index (χ4n) is 3.46. The van der Waals surface area contributed by atoms with Crippen LogP contribution in [0.15, 0.2) is 41.2 Å². The van der Waals surface area contributed by atoms with Crippen LogP contribution in [0.3, 0.4) is 0 Å². The van der Waals surface area contributed by atoms with E-state index in [4.69, 9.17) is 11.5 Å². The minimum atomic E-state index is -0.782. The van der Waals surface area contributed by atoms with E-state index in [2.05, 4.69) is 20.3 Å². The molecule has 2 aromatic carbocycles. The number of nitrogen functional groups attached to an aromatic ring is 2. The molecule has 4 rings (SSSR count). The van der Waals surface area contributed by atoms with E-state index in [1.807, 2.05) is 12.1 Å². The van der Waals surface area contributed by atoms with Gasteiger partial charge in [0.25, 0.3) is 5.56 Å². The molecule has 0 spiro atoms. The molecule has 0 unspecified atom stereocenters. The molecule has 0 bridgehead atoms. The molecule has 0 amide bonds. The maximum absolute atomic E-state index is 14.5. The molecule has 10 nitrogen and oxygen atoms in total. The van der Waals surface area contributed by atoms with Gasteiger partial charge in [-0.3, -0.25) is 9.36 Å². The Morgan fingerprint density at radius 3 is 2.59 bits per heavy atom. The largest absolute Gasteiger partial charge is 0.382 e. The van der Waals surface area contributed by atoms with Crippen LogP contribution in [0, 0.1) is 34.3 Å². The van der Waals surface area contributed by atoms with Gasteiger partial charge in [0.1, 0.15) is 40.3 Å². The predicted octanol–water partition coefficient (Wildman–Crippen LogP) is 2.02. The van der Waals surface area contributed by atoms with Crippen molar-refractivity contribution in [1.29, 1.82) is 10.5 Å². The molecule has 0 radical (unpaired) electrons. The van der Waals surface area contributed by atoms with Gasteiger partial charge in [-0.1, -0.05) is 6.07 Å². The van der Waals surface area contributed by atoms with E-state index in [0.29, 0.717) is 0 Å². The molecule has 0 atom stereocenters. The molecular formula is C22H15F2N9O. The lowest BCUT2D eigenvalue weighted by Gasteiger charge is -2.15. The van der Waals surface area contributed by atoms with Crippen molar-refractivity contribution >= 4 is 28.5 Å². The average Bonchev–Trinajstić information content (AvgIpc) is 2.78. The summed E-state index contributed by atoms with van der Waals surface area (Å²) in [5.74, 6) is -1.53. The van der Waals surface area contributed by atoms with Crippen LogP contribution < -0.4 is 22.3 Å². The normalized spacial score (nSPS) is 10.6. The van der Waals surface area contributed by atoms with E-state index in [0.717, 1.165) is 22.8 Å². The third-order valence-corrected chi connectivity index (χ3v) is 4.89. The first-order chi connectivity index (χ1) is 16.3. The Balaban J connectivity index is 1.81. The van der Waals surface area contributed by atoms with E-state index in [1.165, 1.54) is 18.2 Å². The molecule has 12 heteroatoms. The van der Waals surface area contributed by atoms with Gasteiger partial charge in [0.05, 0.1) is 22.8 Å². The summed E-state index contributed by atoms with van der Waals surface area (Å²) < 4.78 is 29.7. The Kier molecular flexibility index (Phi) is 5.72. The zero-order valence-electron chi connectivity index (χ0n) is 17.4. The molecule has 0 aliphatic carbocycles. The van der Waals surface area contributed by atoms with Gasteiger partial charge < -0.3 is 16.8 Å². The molecule has 0 saturated heterocycles. The number of nitrogens with one attached hydrogen (secondary N) is 1. The van der Waals surface area contributed by atoms with Gasteiger partial charge in [0, 0.05) is 13.0 Å². The summed E-state index contributed by atoms with van der Waals surface area (Å²) in [7, 11) is 0. The van der Waals surface area contributed by atoms with Crippen molar-refractivity contribution in [2.75, 3.05) is 23.3 Å². The Bertz CT molecular complexity index is 1590. The quantitative estimate of drug-likeness (QED) is 0.403. The van der Waals surface area contributed by atoms with Crippen molar-refractivity contribution in [1.82, 2.24) is 19.5 Å². The number of fused-ring (bicyclic) bond motifs is 1. The summed E-state index contributed by atoms with van der Waals surface area (Å²) >= 11 is 0. The third-order valence-electron chi connectivity index (χ3n) is 4.89. The number of nitrogens with zero attached hydrogens (tertiary/aromatic N) is 6. The average molecular weight is 459 g/mol. The minimum Gasteiger partial charge on any atom is -0.382 e. The molecule has 0 saturated carbocycles. The summed E-state index contributed by atoms with van der Waals surface area (Å²) in [6.45, 7) is 0.0955. The lowest BCUT2D eigenvalue weighted by atomic mass is 10.1. The summed E-state index contributed by atoms with van der Waals surface area (Å²) in [6.07, 6.45) is 0.0643. The van der Waals surface area contributed by atoms with Crippen LogP contribution in [0.25, 0.3) is 16.6 Å². The smallest absolute Gasteiger partial charge is 0.268 e. The first-order valence-electron chi connectivity index (χ1n) is 9.80. The number of anilines is 3. The van der Waals surface area contributed by atoms with E-state index < -0.39 is 17.2 Å². The number of aromatic nitrogens is 4. The molecule has 0 fully saturated rings. The van der Waals surface area contributed by atoms with Crippen LogP contribution >= 0.6 is 0 Å². The summed E-state index contributed by atoms with van der Waals surface area (Å²) in [4.78, 5) is 25.4. The number of halogens is 2. The Labute approximate surface area is 190 Å². The van der Waals surface area contributed by atoms with Gasteiger partial charge >= 0.3 is 0 Å². The highest BCUT2D eigenvalue weighted by atomic mass is 19.1. The van der Waals surface area contributed by atoms with E-state index in [-0.39, 0.29) is 64.1 Å². The number of hydrogen-bond donors (Lipinski definition) is 3. The zero-order chi connectivity index (χ0) is 24.4. The number of nitriles is 2. The van der Waals surface area contributed by atoms with Crippen molar-refractivity contribution < 1.29 is 8.78 Å². The van der Waals surface area contributed by atoms with Gasteiger partial charge in [-0.05, 0) is 30.3 Å². The predicted molar refractivity (Wildman–Crippen MR) is 120 cm³/mol. The van der Waals surface area contributed by atoms with Crippen LogP contribution in [0.2, 0.25) is 0 Å². The molecule has 2 aromatic heterocycles. The molecule has 168 valence electrons. The molecular weight excluding hydrogens is 444 g/mol. The fourth-order valence-corrected chi connectivity index (χ4v) is 3.46. The zero-order valence-corrected chi connectivity index (χ0v) is 17.4. The van der Waals surface area contributed by atoms with Crippen LogP contribution in [-0.4, -0.2) is 26.1 Å². The second kappa shape index (κ2) is 8.80. The maximum atomic E-state index is 14.5. The molecule has 0 aliphatic heterocycles. The first-order valence-corrected chi connectivity index (χ1v) is 9.80. The SMILES string of the molecule is N#Cc1cc(F)cc(-n2c(CCNc3nc(N)nc(N)c3C#N)nc3cccc(F)c3c2=O)c1. The van der Waals surface area contributed by atoms with E-state index in [1.54, 1.807) is 0 Å². The lowest BCUT2D eigenvalue weighted by Crippen LogP contribution is -2.26. The Hall–Kier alpha value is -5.10. The number of hydrogen-bond acceptors (Lipinski definition) is 9. The van der Waals surface area contributed by atoms with Gasteiger partial charge in [0.2, 0.25) is 5.95 Å². The Morgan fingerprint density at radius 1 is 1.06 bits per heavy atom. The molecule has 34 heavy (non-hydrogen) atoms. The topological polar surface area (TPSA) is 172 Å². The van der Waals surface area contributed by atoms with Gasteiger partial charge in [-0.2, -0.15) is 20.5 Å². The Morgan fingerprint density at radius 2 is 1.85 bits per heavy atom. The van der Waals surface area contributed by atoms with Crippen molar-refractivity contribution in [3.63, 3.8) is 0 Å². The highest BCUT2D eigenvalue weighted by molar-refractivity contribution is 5.78. The second-order valence-electron chi connectivity index (χ2n) is 7.09. The van der Waals surface area contributed by atoms with Crippen LogP contribution in [0.5, 0.6) is 0 Å². The molecule has 0 aliphatic rings. The van der Waals surface area contributed by atoms with Crippen LogP contribution in [-0.2, 0) is 6.42 Å². The lowest BCUT2D eigenvalue weighted by molar-refractivity contribution is 0.624. The van der Waals surface area contributed by atoms with Crippen molar-refractivity contribution in [3.05, 3.63) is 75.3 Å². The highest BCUT2D eigenvalue weighted by Crippen LogP contribution is 2.20. The first kappa shape index (κ1) is 22.1. The minimum absolute atomic E-state index is 0.0103.